The Kier molecular flexibility index (Phi) is 6.44. The maximum atomic E-state index is 2.36. The van der Waals surface area contributed by atoms with Crippen molar-refractivity contribution in [3.63, 3.8) is 0 Å². The number of rotatable bonds is 0. The summed E-state index contributed by atoms with van der Waals surface area (Å²) in [5, 5.41) is 0. The van der Waals surface area contributed by atoms with Crippen LogP contribution in [-0.4, -0.2) is 0 Å². The predicted octanol–water partition coefficient (Wildman–Crippen LogP) is 10.0. The Balaban J connectivity index is 0.000000191. The minimum Gasteiger partial charge on any atom is -0.0597 e. The van der Waals surface area contributed by atoms with Gasteiger partial charge in [0.15, 0.2) is 0 Å². The fourth-order valence-corrected chi connectivity index (χ4v) is 6.81. The van der Waals surface area contributed by atoms with E-state index < -0.39 is 0 Å². The lowest BCUT2D eigenvalue weighted by Gasteiger charge is -2.27. The van der Waals surface area contributed by atoms with Crippen molar-refractivity contribution >= 4 is 11.1 Å². The van der Waals surface area contributed by atoms with E-state index in [1.165, 1.54) is 77.9 Å². The summed E-state index contributed by atoms with van der Waals surface area (Å²) in [5.74, 6) is 0. The molecule has 4 rings (SSSR count). The summed E-state index contributed by atoms with van der Waals surface area (Å²) < 4.78 is 0. The van der Waals surface area contributed by atoms with Crippen LogP contribution in [0.1, 0.15) is 122 Å². The second kappa shape index (κ2) is 8.25. The molecule has 184 valence electrons. The molecule has 0 radical (unpaired) electrons. The monoisotopic (exact) mass is 456 g/mol. The molecule has 2 aliphatic rings. The van der Waals surface area contributed by atoms with E-state index in [1.807, 2.05) is 0 Å². The first-order valence-corrected chi connectivity index (χ1v) is 13.0. The molecular weight excluding hydrogens is 408 g/mol. The van der Waals surface area contributed by atoms with E-state index in [2.05, 4.69) is 111 Å². The summed E-state index contributed by atoms with van der Waals surface area (Å²) in [4.78, 5) is 0. The van der Waals surface area contributed by atoms with Gasteiger partial charge in [0, 0.05) is 10.8 Å². The lowest BCUT2D eigenvalue weighted by molar-refractivity contribution is 0.632. The molecule has 2 aromatic rings. The van der Waals surface area contributed by atoms with Gasteiger partial charge in [-0.05, 0) is 161 Å². The van der Waals surface area contributed by atoms with Crippen LogP contribution in [0.15, 0.2) is 11.1 Å². The SMILES string of the molecule is CC1=C(C)C(C)(C)c2c(C)c(C)c(C)c(C)c21.CC1=C(C)C(C)(C)c2c(C)c(C)c(C)c(C)c21. The Morgan fingerprint density at radius 1 is 0.324 bits per heavy atom. The Labute approximate surface area is 210 Å². The molecule has 0 bridgehead atoms. The summed E-state index contributed by atoms with van der Waals surface area (Å²) in [6.45, 7) is 36.7. The van der Waals surface area contributed by atoms with Crippen molar-refractivity contribution in [2.45, 2.75) is 122 Å². The van der Waals surface area contributed by atoms with Gasteiger partial charge in [-0.2, -0.15) is 0 Å². The minimum atomic E-state index is 0.201. The molecule has 2 aliphatic carbocycles. The van der Waals surface area contributed by atoms with Gasteiger partial charge in [-0.15, -0.1) is 0 Å². The third-order valence-corrected chi connectivity index (χ3v) is 10.4. The standard InChI is InChI=1S/2C17H24/c2*1-9-10(2)12(4)16-15(11(9)3)13(5)14(6)17(16,7)8/h2*1-8H3. The molecule has 2 aromatic carbocycles. The molecule has 0 aliphatic heterocycles. The molecule has 0 heteroatoms. The molecule has 0 N–H and O–H groups in total. The van der Waals surface area contributed by atoms with E-state index >= 15 is 0 Å². The molecule has 0 atom stereocenters. The molecule has 0 unspecified atom stereocenters. The lowest BCUT2D eigenvalue weighted by Crippen LogP contribution is -2.18. The van der Waals surface area contributed by atoms with Gasteiger partial charge < -0.3 is 0 Å². The molecule has 0 saturated carbocycles. The molecule has 0 amide bonds. The highest BCUT2D eigenvalue weighted by atomic mass is 14.4. The van der Waals surface area contributed by atoms with Gasteiger partial charge in [0.2, 0.25) is 0 Å². The van der Waals surface area contributed by atoms with Crippen LogP contribution in [0.3, 0.4) is 0 Å². The van der Waals surface area contributed by atoms with Crippen molar-refractivity contribution in [2.75, 3.05) is 0 Å². The molecular formula is C34H48. The highest BCUT2D eigenvalue weighted by Crippen LogP contribution is 2.51. The second-order valence-electron chi connectivity index (χ2n) is 12.2. The van der Waals surface area contributed by atoms with Crippen LogP contribution < -0.4 is 0 Å². The molecule has 0 spiro atoms. The lowest BCUT2D eigenvalue weighted by atomic mass is 9.77. The van der Waals surface area contributed by atoms with Crippen molar-refractivity contribution in [1.29, 1.82) is 0 Å². The average molecular weight is 457 g/mol. The minimum absolute atomic E-state index is 0.201. The molecule has 0 heterocycles. The third kappa shape index (κ3) is 3.39. The fraction of sp³-hybridized carbons (Fsp3) is 0.529. The highest BCUT2D eigenvalue weighted by molar-refractivity contribution is 5.83. The van der Waals surface area contributed by atoms with E-state index in [0.29, 0.717) is 0 Å². The number of allylic oxidation sites excluding steroid dienone is 4. The van der Waals surface area contributed by atoms with Crippen molar-refractivity contribution in [1.82, 2.24) is 0 Å². The van der Waals surface area contributed by atoms with Gasteiger partial charge in [-0.25, -0.2) is 0 Å². The van der Waals surface area contributed by atoms with Gasteiger partial charge in [-0.3, -0.25) is 0 Å². The Bertz CT molecular complexity index is 1180. The largest absolute Gasteiger partial charge is 0.0597 e. The normalized spacial score (nSPS) is 17.6. The summed E-state index contributed by atoms with van der Waals surface area (Å²) in [5.41, 5.74) is 24.4. The maximum Gasteiger partial charge on any atom is 0.0117 e. The highest BCUT2D eigenvalue weighted by Gasteiger charge is 2.38. The fourth-order valence-electron chi connectivity index (χ4n) is 6.81. The van der Waals surface area contributed by atoms with Crippen molar-refractivity contribution in [3.8, 4) is 0 Å². The van der Waals surface area contributed by atoms with E-state index in [-0.39, 0.29) is 10.8 Å². The van der Waals surface area contributed by atoms with E-state index in [4.69, 9.17) is 0 Å². The third-order valence-electron chi connectivity index (χ3n) is 10.4. The van der Waals surface area contributed by atoms with Crippen molar-refractivity contribution in [2.24, 2.45) is 0 Å². The topological polar surface area (TPSA) is 0 Å². The van der Waals surface area contributed by atoms with Crippen LogP contribution in [0.2, 0.25) is 0 Å². The average Bonchev–Trinajstić information content (AvgIpc) is 3.07. The number of benzene rings is 2. The van der Waals surface area contributed by atoms with Crippen LogP contribution in [0.25, 0.3) is 11.1 Å². The molecule has 34 heavy (non-hydrogen) atoms. The first kappa shape index (κ1) is 26.5. The van der Waals surface area contributed by atoms with Gasteiger partial charge >= 0.3 is 0 Å². The summed E-state index contributed by atoms with van der Waals surface area (Å²) in [6.07, 6.45) is 0. The quantitative estimate of drug-likeness (QED) is 0.370. The van der Waals surface area contributed by atoms with Gasteiger partial charge in [0.1, 0.15) is 0 Å². The Morgan fingerprint density at radius 2 is 0.559 bits per heavy atom. The summed E-state index contributed by atoms with van der Waals surface area (Å²) in [7, 11) is 0. The van der Waals surface area contributed by atoms with Crippen molar-refractivity contribution < 1.29 is 0 Å². The molecule has 0 saturated heterocycles. The van der Waals surface area contributed by atoms with E-state index in [0.717, 1.165) is 0 Å². The van der Waals surface area contributed by atoms with Crippen LogP contribution in [-0.2, 0) is 10.8 Å². The zero-order valence-electron chi connectivity index (χ0n) is 25.0. The smallest absolute Gasteiger partial charge is 0.0117 e. The summed E-state index contributed by atoms with van der Waals surface area (Å²) in [6, 6.07) is 0. The first-order chi connectivity index (χ1) is 15.4. The zero-order valence-corrected chi connectivity index (χ0v) is 25.0. The van der Waals surface area contributed by atoms with Crippen LogP contribution >= 0.6 is 0 Å². The predicted molar refractivity (Wildman–Crippen MR) is 153 cm³/mol. The first-order valence-electron chi connectivity index (χ1n) is 13.0. The molecule has 0 nitrogen and oxygen atoms in total. The Morgan fingerprint density at radius 3 is 0.824 bits per heavy atom. The molecule has 0 fully saturated rings. The van der Waals surface area contributed by atoms with Crippen LogP contribution in [0.4, 0.5) is 0 Å². The van der Waals surface area contributed by atoms with E-state index in [1.54, 1.807) is 11.1 Å². The molecule has 0 aromatic heterocycles. The van der Waals surface area contributed by atoms with Crippen molar-refractivity contribution in [3.05, 3.63) is 77.9 Å². The van der Waals surface area contributed by atoms with Gasteiger partial charge in [0.25, 0.3) is 0 Å². The van der Waals surface area contributed by atoms with E-state index in [9.17, 15) is 0 Å². The summed E-state index contributed by atoms with van der Waals surface area (Å²) >= 11 is 0. The second-order valence-corrected chi connectivity index (χ2v) is 12.2. The van der Waals surface area contributed by atoms with Crippen LogP contribution in [0.5, 0.6) is 0 Å². The Hall–Kier alpha value is -2.08. The number of hydrogen-bond acceptors (Lipinski definition) is 0. The number of fused-ring (bicyclic) bond motifs is 2. The van der Waals surface area contributed by atoms with Gasteiger partial charge in [0.05, 0.1) is 0 Å². The van der Waals surface area contributed by atoms with Crippen LogP contribution in [0, 0.1) is 55.4 Å². The maximum absolute atomic E-state index is 2.36. The van der Waals surface area contributed by atoms with Gasteiger partial charge in [-0.1, -0.05) is 38.8 Å². The number of hydrogen-bond donors (Lipinski definition) is 0. The zero-order chi connectivity index (χ0) is 26.2.